The number of hydrogen-bond donors (Lipinski definition) is 0. The topological polar surface area (TPSA) is 17.1 Å². The average Bonchev–Trinajstić information content (AvgIpc) is 2.12. The third kappa shape index (κ3) is 0.815. The maximum atomic E-state index is 11.0. The quantitative estimate of drug-likeness (QED) is 0.623. The summed E-state index contributed by atoms with van der Waals surface area (Å²) in [4.78, 5) is 11.1. The van der Waals surface area contributed by atoms with Crippen LogP contribution in [0.25, 0.3) is 0 Å². The van der Waals surface area contributed by atoms with Gasteiger partial charge in [0.1, 0.15) is 5.78 Å². The summed E-state index contributed by atoms with van der Waals surface area (Å²) < 4.78 is 0.0715. The highest BCUT2D eigenvalue weighted by Gasteiger charge is 2.70. The van der Waals surface area contributed by atoms with Gasteiger partial charge in [-0.25, -0.2) is 0 Å². The highest BCUT2D eigenvalue weighted by atomic mass is 79.9. The van der Waals surface area contributed by atoms with Crippen molar-refractivity contribution in [3.63, 3.8) is 0 Å². The molecule has 0 heterocycles. The van der Waals surface area contributed by atoms with E-state index in [1.807, 2.05) is 0 Å². The number of Topliss-reactive ketones (excluding diaryl/α,β-unsaturated/α-hetero) is 1. The van der Waals surface area contributed by atoms with E-state index in [4.69, 9.17) is 0 Å². The maximum absolute atomic E-state index is 11.0. The maximum Gasteiger partial charge on any atom is 0.147 e. The van der Waals surface area contributed by atoms with Gasteiger partial charge in [-0.15, -0.1) is 0 Å². The molecule has 0 amide bonds. The van der Waals surface area contributed by atoms with Gasteiger partial charge in [0.15, 0.2) is 0 Å². The van der Waals surface area contributed by atoms with Crippen molar-refractivity contribution in [2.24, 2.45) is 11.8 Å². The Morgan fingerprint density at radius 2 is 2.10 bits per heavy atom. The first kappa shape index (κ1) is 7.74. The Hall–Kier alpha value is 1.11. The molecule has 0 N–H and O–H groups in total. The van der Waals surface area contributed by atoms with Crippen molar-refractivity contribution in [2.45, 2.75) is 14.5 Å². The summed E-state index contributed by atoms with van der Waals surface area (Å²) in [5, 5.41) is 0. The fraction of sp³-hybridized carbons (Fsp3) is 0.833. The molecule has 4 heteroatoms. The van der Waals surface area contributed by atoms with E-state index < -0.39 is 0 Å². The van der Waals surface area contributed by atoms with Gasteiger partial charge in [-0.3, -0.25) is 4.79 Å². The Bertz CT molecular complexity index is 201. The first-order valence-corrected chi connectivity index (χ1v) is 5.60. The van der Waals surface area contributed by atoms with Gasteiger partial charge in [0, 0.05) is 12.3 Å². The van der Waals surface area contributed by atoms with E-state index in [1.54, 1.807) is 0 Å². The molecule has 0 aromatic rings. The van der Waals surface area contributed by atoms with E-state index in [-0.39, 0.29) is 8.06 Å². The van der Waals surface area contributed by atoms with E-state index in [0.29, 0.717) is 17.6 Å². The smallest absolute Gasteiger partial charge is 0.147 e. The first-order chi connectivity index (χ1) is 4.55. The molecule has 0 aromatic carbocycles. The Kier molecular flexibility index (Phi) is 1.61. The molecule has 3 atom stereocenters. The summed E-state index contributed by atoms with van der Waals surface area (Å²) in [6.07, 6.45) is 0.719. The lowest BCUT2D eigenvalue weighted by molar-refractivity contribution is -0.117. The van der Waals surface area contributed by atoms with Crippen molar-refractivity contribution in [1.29, 1.82) is 0 Å². The van der Waals surface area contributed by atoms with E-state index in [1.165, 1.54) is 0 Å². The van der Waals surface area contributed by atoms with Crippen molar-refractivity contribution >= 4 is 53.6 Å². The van der Waals surface area contributed by atoms with Crippen LogP contribution in [-0.2, 0) is 4.79 Å². The zero-order chi connectivity index (χ0) is 7.52. The van der Waals surface area contributed by atoms with Crippen LogP contribution in [-0.4, -0.2) is 13.8 Å². The number of halogens is 3. The second-order valence-electron chi connectivity index (χ2n) is 2.88. The highest BCUT2D eigenvalue weighted by Crippen LogP contribution is 2.69. The van der Waals surface area contributed by atoms with Crippen molar-refractivity contribution in [1.82, 2.24) is 0 Å². The van der Waals surface area contributed by atoms with Crippen LogP contribution in [0.4, 0.5) is 0 Å². The summed E-state index contributed by atoms with van der Waals surface area (Å²) in [6.45, 7) is 0. The number of carbonyl (C=O) groups is 1. The fourth-order valence-corrected chi connectivity index (χ4v) is 5.09. The van der Waals surface area contributed by atoms with Gasteiger partial charge >= 0.3 is 0 Å². The van der Waals surface area contributed by atoms with Gasteiger partial charge in [0.25, 0.3) is 0 Å². The second-order valence-corrected chi connectivity index (χ2v) is 7.55. The molecule has 2 aliphatic carbocycles. The zero-order valence-electron chi connectivity index (χ0n) is 4.98. The lowest BCUT2D eigenvalue weighted by atomic mass is 10.2. The standard InChI is InChI=1S/C6H5Br3O/c7-5-3(10)1-2-4(5)6(2,8)9/h2,4-5H,1H2/t2-,4-,5-/m1/s1. The first-order valence-electron chi connectivity index (χ1n) is 3.09. The van der Waals surface area contributed by atoms with Crippen LogP contribution in [0.5, 0.6) is 0 Å². The molecular formula is C6H5Br3O. The summed E-state index contributed by atoms with van der Waals surface area (Å²) in [7, 11) is 0. The van der Waals surface area contributed by atoms with Gasteiger partial charge in [0.2, 0.25) is 0 Å². The molecule has 56 valence electrons. The Balaban J connectivity index is 2.21. The van der Waals surface area contributed by atoms with Gasteiger partial charge in [0.05, 0.1) is 8.06 Å². The average molecular weight is 333 g/mol. The summed E-state index contributed by atoms with van der Waals surface area (Å²) >= 11 is 10.4. The Morgan fingerprint density at radius 1 is 1.50 bits per heavy atom. The number of ketones is 1. The molecule has 0 saturated heterocycles. The third-order valence-corrected chi connectivity index (χ3v) is 5.62. The SMILES string of the molecule is O=C1C[C@@H]2[C@H]([C@@H]1Br)C2(Br)Br. The molecule has 0 unspecified atom stereocenters. The summed E-state index contributed by atoms with van der Waals surface area (Å²) in [6, 6.07) is 0. The molecule has 0 bridgehead atoms. The number of carbonyl (C=O) groups excluding carboxylic acids is 1. The summed E-state index contributed by atoms with van der Waals surface area (Å²) in [5.41, 5.74) is 0. The number of hydrogen-bond acceptors (Lipinski definition) is 1. The lowest BCUT2D eigenvalue weighted by Gasteiger charge is -2.06. The Labute approximate surface area is 84.3 Å². The largest absolute Gasteiger partial charge is 0.298 e. The van der Waals surface area contributed by atoms with Crippen LogP contribution in [0.1, 0.15) is 6.42 Å². The molecule has 2 saturated carbocycles. The van der Waals surface area contributed by atoms with E-state index >= 15 is 0 Å². The molecule has 0 spiro atoms. The fourth-order valence-electron chi connectivity index (χ4n) is 1.61. The van der Waals surface area contributed by atoms with Crippen LogP contribution in [0.15, 0.2) is 0 Å². The molecule has 2 aliphatic rings. The van der Waals surface area contributed by atoms with Crippen LogP contribution in [0.2, 0.25) is 0 Å². The van der Waals surface area contributed by atoms with Crippen LogP contribution < -0.4 is 0 Å². The minimum atomic E-state index is 0.0715. The molecule has 2 fully saturated rings. The van der Waals surface area contributed by atoms with Gasteiger partial charge in [-0.1, -0.05) is 47.8 Å². The van der Waals surface area contributed by atoms with Crippen molar-refractivity contribution in [3.05, 3.63) is 0 Å². The van der Waals surface area contributed by atoms with Crippen LogP contribution in [0.3, 0.4) is 0 Å². The molecule has 10 heavy (non-hydrogen) atoms. The normalized spacial score (nSPS) is 49.1. The molecule has 1 nitrogen and oxygen atoms in total. The molecule has 0 aromatic heterocycles. The van der Waals surface area contributed by atoms with E-state index in [9.17, 15) is 4.79 Å². The van der Waals surface area contributed by atoms with Gasteiger partial charge in [-0.2, -0.15) is 0 Å². The molecular weight excluding hydrogens is 328 g/mol. The van der Waals surface area contributed by atoms with Crippen LogP contribution >= 0.6 is 47.8 Å². The number of fused-ring (bicyclic) bond motifs is 1. The Morgan fingerprint density at radius 3 is 2.40 bits per heavy atom. The van der Waals surface area contributed by atoms with Crippen molar-refractivity contribution in [2.75, 3.05) is 0 Å². The van der Waals surface area contributed by atoms with Gasteiger partial charge in [-0.05, 0) is 5.92 Å². The summed E-state index contributed by atoms with van der Waals surface area (Å²) in [5.74, 6) is 1.34. The minimum Gasteiger partial charge on any atom is -0.298 e. The molecule has 0 radical (unpaired) electrons. The predicted molar refractivity (Wildman–Crippen MR) is 49.9 cm³/mol. The molecule has 0 aliphatic heterocycles. The lowest BCUT2D eigenvalue weighted by Crippen LogP contribution is -2.16. The zero-order valence-corrected chi connectivity index (χ0v) is 9.74. The van der Waals surface area contributed by atoms with E-state index in [0.717, 1.165) is 6.42 Å². The second kappa shape index (κ2) is 2.07. The third-order valence-electron chi connectivity index (χ3n) is 2.31. The van der Waals surface area contributed by atoms with Crippen LogP contribution in [0, 0.1) is 11.8 Å². The van der Waals surface area contributed by atoms with Crippen molar-refractivity contribution < 1.29 is 4.79 Å². The minimum absolute atomic E-state index is 0.0715. The highest BCUT2D eigenvalue weighted by molar-refractivity contribution is 9.25. The monoisotopic (exact) mass is 330 g/mol. The van der Waals surface area contributed by atoms with E-state index in [2.05, 4.69) is 47.8 Å². The molecule has 2 rings (SSSR count). The number of alkyl halides is 3. The van der Waals surface area contributed by atoms with Gasteiger partial charge < -0.3 is 0 Å². The predicted octanol–water partition coefficient (Wildman–Crippen LogP) is 2.45. The van der Waals surface area contributed by atoms with Crippen molar-refractivity contribution in [3.8, 4) is 0 Å². The number of rotatable bonds is 0.